The molecule has 32 heavy (non-hydrogen) atoms. The van der Waals surface area contributed by atoms with Gasteiger partial charge >= 0.3 is 0 Å². The van der Waals surface area contributed by atoms with Crippen LogP contribution in [0.1, 0.15) is 26.3 Å². The average molecular weight is 429 g/mol. The highest BCUT2D eigenvalue weighted by molar-refractivity contribution is 6.06. The number of hydrogen-bond acceptors (Lipinski definition) is 6. The number of hydrogen-bond donors (Lipinski definition) is 0. The zero-order chi connectivity index (χ0) is 22.4. The minimum Gasteiger partial charge on any atom is -0.497 e. The van der Waals surface area contributed by atoms with E-state index in [1.54, 1.807) is 31.2 Å². The highest BCUT2D eigenvalue weighted by Gasteiger charge is 2.23. The lowest BCUT2D eigenvalue weighted by molar-refractivity contribution is 0.393. The van der Waals surface area contributed by atoms with Gasteiger partial charge in [0.25, 0.3) is 5.56 Å². The Labute approximate surface area is 184 Å². The van der Waals surface area contributed by atoms with Gasteiger partial charge < -0.3 is 9.47 Å². The Morgan fingerprint density at radius 3 is 2.44 bits per heavy atom. The van der Waals surface area contributed by atoms with Crippen LogP contribution in [0.15, 0.2) is 53.6 Å². The number of aromatic nitrogens is 5. The molecule has 0 fully saturated rings. The highest BCUT2D eigenvalue weighted by atomic mass is 16.5. The summed E-state index contributed by atoms with van der Waals surface area (Å²) in [4.78, 5) is 28.0. The standard InChI is InChI=1S/C24H23N5O3/c1-5-14(2)28-13-25-22-20(24(28)30)21-23(27-17-9-7-6-8-16(17)26-21)29(22)18-11-10-15(31-3)12-19(18)32-4/h6-14H,5H2,1-4H3/t14-/m1/s1. The molecule has 2 aromatic carbocycles. The van der Waals surface area contributed by atoms with Gasteiger partial charge in [0.05, 0.1) is 30.9 Å². The molecule has 1 atom stereocenters. The zero-order valence-corrected chi connectivity index (χ0v) is 18.4. The molecule has 0 saturated carbocycles. The monoisotopic (exact) mass is 429 g/mol. The molecular weight excluding hydrogens is 406 g/mol. The van der Waals surface area contributed by atoms with E-state index in [1.807, 2.05) is 54.8 Å². The Kier molecular flexibility index (Phi) is 4.77. The van der Waals surface area contributed by atoms with Crippen LogP contribution in [0.3, 0.4) is 0 Å². The zero-order valence-electron chi connectivity index (χ0n) is 18.4. The molecule has 0 unspecified atom stereocenters. The molecular formula is C24H23N5O3. The van der Waals surface area contributed by atoms with E-state index in [2.05, 4.69) is 0 Å². The molecule has 5 rings (SSSR count). The summed E-state index contributed by atoms with van der Waals surface area (Å²) in [5.41, 5.74) is 3.58. The molecule has 5 aromatic rings. The van der Waals surface area contributed by atoms with E-state index in [0.29, 0.717) is 39.4 Å². The highest BCUT2D eigenvalue weighted by Crippen LogP contribution is 2.34. The minimum absolute atomic E-state index is 0.0155. The topological polar surface area (TPSA) is 84.1 Å². The number of ether oxygens (including phenoxy) is 2. The second kappa shape index (κ2) is 7.64. The first-order valence-corrected chi connectivity index (χ1v) is 10.5. The van der Waals surface area contributed by atoms with Crippen molar-refractivity contribution in [1.29, 1.82) is 0 Å². The maximum Gasteiger partial charge on any atom is 0.265 e. The Hall–Kier alpha value is -3.94. The molecule has 162 valence electrons. The van der Waals surface area contributed by atoms with E-state index in [4.69, 9.17) is 24.4 Å². The van der Waals surface area contributed by atoms with Crippen LogP contribution in [-0.2, 0) is 0 Å². The third kappa shape index (κ3) is 2.90. The molecule has 0 amide bonds. The fourth-order valence-corrected chi connectivity index (χ4v) is 3.96. The molecule has 8 nitrogen and oxygen atoms in total. The Morgan fingerprint density at radius 1 is 1.00 bits per heavy atom. The van der Waals surface area contributed by atoms with Crippen LogP contribution in [0, 0.1) is 0 Å². The second-order valence-corrected chi connectivity index (χ2v) is 7.67. The van der Waals surface area contributed by atoms with E-state index in [1.165, 1.54) is 0 Å². The summed E-state index contributed by atoms with van der Waals surface area (Å²) >= 11 is 0. The smallest absolute Gasteiger partial charge is 0.265 e. The van der Waals surface area contributed by atoms with Gasteiger partial charge in [0.15, 0.2) is 11.3 Å². The second-order valence-electron chi connectivity index (χ2n) is 7.67. The van der Waals surface area contributed by atoms with Crippen LogP contribution in [0.4, 0.5) is 0 Å². The summed E-state index contributed by atoms with van der Waals surface area (Å²) < 4.78 is 14.5. The van der Waals surface area contributed by atoms with Gasteiger partial charge in [-0.25, -0.2) is 15.0 Å². The lowest BCUT2D eigenvalue weighted by Crippen LogP contribution is -2.23. The average Bonchev–Trinajstić information content (AvgIpc) is 3.15. The summed E-state index contributed by atoms with van der Waals surface area (Å²) in [6.45, 7) is 4.04. The number of para-hydroxylation sites is 2. The molecule has 0 aliphatic heterocycles. The summed E-state index contributed by atoms with van der Waals surface area (Å²) in [5, 5.41) is 0.443. The Balaban J connectivity index is 1.97. The van der Waals surface area contributed by atoms with Crippen molar-refractivity contribution in [2.24, 2.45) is 0 Å². The van der Waals surface area contributed by atoms with Crippen molar-refractivity contribution in [3.63, 3.8) is 0 Å². The summed E-state index contributed by atoms with van der Waals surface area (Å²) in [6.07, 6.45) is 2.41. The Bertz CT molecular complexity index is 1540. The molecule has 0 bridgehead atoms. The normalized spacial score (nSPS) is 12.5. The number of fused-ring (bicyclic) bond motifs is 4. The lowest BCUT2D eigenvalue weighted by atomic mass is 10.2. The lowest BCUT2D eigenvalue weighted by Gasteiger charge is -2.14. The molecule has 8 heteroatoms. The molecule has 3 heterocycles. The largest absolute Gasteiger partial charge is 0.497 e. The van der Waals surface area contributed by atoms with E-state index in [0.717, 1.165) is 17.5 Å². The number of nitrogens with zero attached hydrogens (tertiary/aromatic N) is 5. The van der Waals surface area contributed by atoms with Crippen molar-refractivity contribution >= 4 is 33.2 Å². The number of benzene rings is 2. The SMILES string of the molecule is CC[C@@H](C)n1cnc2c(c1=O)c1nc3ccccc3nc1n2-c1ccc(OC)cc1OC. The molecule has 0 radical (unpaired) electrons. The van der Waals surface area contributed by atoms with Crippen molar-refractivity contribution < 1.29 is 9.47 Å². The third-order valence-electron chi connectivity index (χ3n) is 5.88. The summed E-state index contributed by atoms with van der Waals surface area (Å²) in [5.74, 6) is 1.24. The summed E-state index contributed by atoms with van der Waals surface area (Å²) in [6, 6.07) is 13.1. The first-order chi connectivity index (χ1) is 15.6. The van der Waals surface area contributed by atoms with Crippen LogP contribution in [0.5, 0.6) is 11.5 Å². The first kappa shape index (κ1) is 20.0. The predicted molar refractivity (Wildman–Crippen MR) is 124 cm³/mol. The van der Waals surface area contributed by atoms with Crippen molar-refractivity contribution in [3.8, 4) is 17.2 Å². The number of methoxy groups -OCH3 is 2. The predicted octanol–water partition coefficient (Wildman–Crippen LogP) is 4.27. The van der Waals surface area contributed by atoms with Gasteiger partial charge in [-0.2, -0.15) is 0 Å². The van der Waals surface area contributed by atoms with E-state index < -0.39 is 0 Å². The maximum absolute atomic E-state index is 13.6. The Morgan fingerprint density at radius 2 is 1.75 bits per heavy atom. The van der Waals surface area contributed by atoms with Crippen LogP contribution >= 0.6 is 0 Å². The van der Waals surface area contributed by atoms with Crippen LogP contribution < -0.4 is 15.0 Å². The van der Waals surface area contributed by atoms with Gasteiger partial charge in [0.1, 0.15) is 28.7 Å². The fraction of sp³-hybridized carbons (Fsp3) is 0.250. The number of rotatable bonds is 5. The quantitative estimate of drug-likeness (QED) is 0.415. The first-order valence-electron chi connectivity index (χ1n) is 10.5. The van der Waals surface area contributed by atoms with Gasteiger partial charge in [-0.05, 0) is 37.6 Å². The maximum atomic E-state index is 13.6. The van der Waals surface area contributed by atoms with Crippen LogP contribution in [-0.4, -0.2) is 38.3 Å². The van der Waals surface area contributed by atoms with Crippen LogP contribution in [0.2, 0.25) is 0 Å². The third-order valence-corrected chi connectivity index (χ3v) is 5.88. The van der Waals surface area contributed by atoms with Gasteiger partial charge in [0, 0.05) is 12.1 Å². The van der Waals surface area contributed by atoms with Gasteiger partial charge in [0.2, 0.25) is 0 Å². The van der Waals surface area contributed by atoms with Gasteiger partial charge in [-0.1, -0.05) is 19.1 Å². The van der Waals surface area contributed by atoms with Crippen molar-refractivity contribution in [2.75, 3.05) is 14.2 Å². The molecule has 0 spiro atoms. The van der Waals surface area contributed by atoms with Crippen molar-refractivity contribution in [3.05, 3.63) is 59.1 Å². The molecule has 0 saturated heterocycles. The van der Waals surface area contributed by atoms with E-state index in [-0.39, 0.29) is 11.6 Å². The van der Waals surface area contributed by atoms with E-state index >= 15 is 0 Å². The molecule has 0 N–H and O–H groups in total. The van der Waals surface area contributed by atoms with Gasteiger partial charge in [-0.3, -0.25) is 13.9 Å². The van der Waals surface area contributed by atoms with Crippen molar-refractivity contribution in [2.45, 2.75) is 26.3 Å². The van der Waals surface area contributed by atoms with Gasteiger partial charge in [-0.15, -0.1) is 0 Å². The van der Waals surface area contributed by atoms with Crippen LogP contribution in [0.25, 0.3) is 38.9 Å². The fourth-order valence-electron chi connectivity index (χ4n) is 3.96. The van der Waals surface area contributed by atoms with Crippen molar-refractivity contribution in [1.82, 2.24) is 24.1 Å². The van der Waals surface area contributed by atoms with E-state index in [9.17, 15) is 4.79 Å². The summed E-state index contributed by atoms with van der Waals surface area (Å²) in [7, 11) is 3.20. The molecule has 0 aliphatic rings. The minimum atomic E-state index is -0.134. The molecule has 0 aliphatic carbocycles. The molecule has 3 aromatic heterocycles.